The number of hydrogen-bond acceptors (Lipinski definition) is 7. The summed E-state index contributed by atoms with van der Waals surface area (Å²) < 4.78 is 38.5. The van der Waals surface area contributed by atoms with Gasteiger partial charge in [-0.1, -0.05) is 90.4 Å². The van der Waals surface area contributed by atoms with E-state index in [2.05, 4.69) is 6.92 Å². The van der Waals surface area contributed by atoms with Gasteiger partial charge in [-0.2, -0.15) is 0 Å². The van der Waals surface area contributed by atoms with Crippen molar-refractivity contribution >= 4 is 0 Å². The second-order valence-electron chi connectivity index (χ2n) is 10.2. The van der Waals surface area contributed by atoms with Gasteiger partial charge in [-0.3, -0.25) is 0 Å². The Kier molecular flexibility index (Phi) is 34.5. The number of ether oxygens (including phenoxy) is 7. The highest BCUT2D eigenvalue weighted by Crippen LogP contribution is 2.12. The van der Waals surface area contributed by atoms with Crippen LogP contribution in [0.5, 0.6) is 0 Å². The smallest absolute Gasteiger partial charge is 0.0703 e. The van der Waals surface area contributed by atoms with Gasteiger partial charge in [0.15, 0.2) is 0 Å². The van der Waals surface area contributed by atoms with Crippen molar-refractivity contribution in [1.29, 1.82) is 0 Å². The SMILES string of the molecule is CCCCCCCCCCCCCCCCOCCOCCOCCOCCOCCOCCOC(C)C. The van der Waals surface area contributed by atoms with Crippen LogP contribution in [0.25, 0.3) is 0 Å². The fourth-order valence-corrected chi connectivity index (χ4v) is 3.94. The summed E-state index contributed by atoms with van der Waals surface area (Å²) in [5, 5.41) is 0. The van der Waals surface area contributed by atoms with Crippen LogP contribution in [0.4, 0.5) is 0 Å². The van der Waals surface area contributed by atoms with E-state index < -0.39 is 0 Å². The molecule has 7 heteroatoms. The first-order chi connectivity index (χ1) is 18.8. The van der Waals surface area contributed by atoms with Gasteiger partial charge < -0.3 is 33.2 Å². The standard InChI is InChI=1S/C31H64O7/c1-4-5-6-7-8-9-10-11-12-13-14-15-16-17-18-32-19-20-33-21-22-34-23-24-35-25-26-36-27-28-37-29-30-38-31(2)3/h31H,4-30H2,1-3H3. The maximum Gasteiger partial charge on any atom is 0.0703 e. The zero-order chi connectivity index (χ0) is 27.6. The third-order valence-corrected chi connectivity index (χ3v) is 6.18. The Balaban J connectivity index is 3.02. The van der Waals surface area contributed by atoms with E-state index in [0.717, 1.165) is 13.0 Å². The molecule has 0 heterocycles. The molecule has 0 saturated carbocycles. The van der Waals surface area contributed by atoms with Crippen LogP contribution in [0.15, 0.2) is 0 Å². The van der Waals surface area contributed by atoms with Crippen LogP contribution >= 0.6 is 0 Å². The van der Waals surface area contributed by atoms with Crippen molar-refractivity contribution in [2.45, 2.75) is 117 Å². The summed E-state index contributed by atoms with van der Waals surface area (Å²) in [5.41, 5.74) is 0. The number of rotatable bonds is 34. The third-order valence-electron chi connectivity index (χ3n) is 6.18. The molecular weight excluding hydrogens is 484 g/mol. The first-order valence-corrected chi connectivity index (χ1v) is 15.9. The molecule has 0 bridgehead atoms. The van der Waals surface area contributed by atoms with E-state index in [9.17, 15) is 0 Å². The monoisotopic (exact) mass is 548 g/mol. The van der Waals surface area contributed by atoms with Gasteiger partial charge in [0.05, 0.1) is 85.4 Å². The van der Waals surface area contributed by atoms with Gasteiger partial charge in [0.1, 0.15) is 0 Å². The molecule has 0 aromatic heterocycles. The van der Waals surface area contributed by atoms with E-state index in [0.29, 0.717) is 79.3 Å². The highest BCUT2D eigenvalue weighted by Gasteiger charge is 1.97. The zero-order valence-electron chi connectivity index (χ0n) is 25.5. The molecular formula is C31H64O7. The summed E-state index contributed by atoms with van der Waals surface area (Å²) in [5.74, 6) is 0. The van der Waals surface area contributed by atoms with Crippen molar-refractivity contribution in [1.82, 2.24) is 0 Å². The second kappa shape index (κ2) is 34.7. The molecule has 0 N–H and O–H groups in total. The normalized spacial score (nSPS) is 11.7. The molecule has 7 nitrogen and oxygen atoms in total. The van der Waals surface area contributed by atoms with Gasteiger partial charge in [0.2, 0.25) is 0 Å². The predicted molar refractivity (Wildman–Crippen MR) is 156 cm³/mol. The van der Waals surface area contributed by atoms with Crippen molar-refractivity contribution in [3.63, 3.8) is 0 Å². The largest absolute Gasteiger partial charge is 0.379 e. The average Bonchev–Trinajstić information content (AvgIpc) is 2.91. The summed E-state index contributed by atoms with van der Waals surface area (Å²) in [4.78, 5) is 0. The Hall–Kier alpha value is -0.280. The molecule has 0 radical (unpaired) electrons. The summed E-state index contributed by atoms with van der Waals surface area (Å²) in [6, 6.07) is 0. The van der Waals surface area contributed by atoms with Crippen LogP contribution in [0, 0.1) is 0 Å². The van der Waals surface area contributed by atoms with Gasteiger partial charge in [0.25, 0.3) is 0 Å². The van der Waals surface area contributed by atoms with Crippen LogP contribution in [-0.4, -0.2) is 92.0 Å². The Morgan fingerprint density at radius 2 is 0.579 bits per heavy atom. The van der Waals surface area contributed by atoms with Crippen molar-refractivity contribution in [2.24, 2.45) is 0 Å². The molecule has 0 unspecified atom stereocenters. The Morgan fingerprint density at radius 1 is 0.316 bits per heavy atom. The highest BCUT2D eigenvalue weighted by atomic mass is 16.6. The topological polar surface area (TPSA) is 64.6 Å². The second-order valence-corrected chi connectivity index (χ2v) is 10.2. The van der Waals surface area contributed by atoms with Gasteiger partial charge in [-0.25, -0.2) is 0 Å². The quantitative estimate of drug-likeness (QED) is 0.0803. The molecule has 0 atom stereocenters. The van der Waals surface area contributed by atoms with Crippen LogP contribution in [0.3, 0.4) is 0 Å². The zero-order valence-corrected chi connectivity index (χ0v) is 25.5. The lowest BCUT2D eigenvalue weighted by molar-refractivity contribution is -0.0238. The fraction of sp³-hybridized carbons (Fsp3) is 1.00. The molecule has 38 heavy (non-hydrogen) atoms. The molecule has 0 saturated heterocycles. The maximum atomic E-state index is 5.66. The van der Waals surface area contributed by atoms with Gasteiger partial charge >= 0.3 is 0 Å². The summed E-state index contributed by atoms with van der Waals surface area (Å²) in [6.45, 7) is 14.3. The van der Waals surface area contributed by atoms with Crippen molar-refractivity contribution in [3.05, 3.63) is 0 Å². The molecule has 0 aliphatic heterocycles. The van der Waals surface area contributed by atoms with Crippen molar-refractivity contribution in [3.8, 4) is 0 Å². The maximum absolute atomic E-state index is 5.66. The molecule has 0 spiro atoms. The Bertz CT molecular complexity index is 410. The summed E-state index contributed by atoms with van der Waals surface area (Å²) in [6.07, 6.45) is 19.6. The Morgan fingerprint density at radius 3 is 0.895 bits per heavy atom. The molecule has 0 rings (SSSR count). The van der Waals surface area contributed by atoms with E-state index in [1.165, 1.54) is 83.5 Å². The molecule has 230 valence electrons. The van der Waals surface area contributed by atoms with E-state index in [1.807, 2.05) is 13.8 Å². The van der Waals surface area contributed by atoms with E-state index >= 15 is 0 Å². The predicted octanol–water partition coefficient (Wildman–Crippen LogP) is 6.99. The van der Waals surface area contributed by atoms with Crippen LogP contribution < -0.4 is 0 Å². The Labute approximate surface area is 235 Å². The van der Waals surface area contributed by atoms with Crippen molar-refractivity contribution in [2.75, 3.05) is 85.9 Å². The summed E-state index contributed by atoms with van der Waals surface area (Å²) >= 11 is 0. The van der Waals surface area contributed by atoms with E-state index in [4.69, 9.17) is 33.2 Å². The molecule has 0 fully saturated rings. The minimum atomic E-state index is 0.247. The van der Waals surface area contributed by atoms with Crippen molar-refractivity contribution < 1.29 is 33.2 Å². The van der Waals surface area contributed by atoms with Gasteiger partial charge in [0, 0.05) is 6.61 Å². The lowest BCUT2D eigenvalue weighted by Gasteiger charge is -2.09. The minimum absolute atomic E-state index is 0.247. The average molecular weight is 549 g/mol. The molecule has 0 aromatic rings. The third kappa shape index (κ3) is 35.7. The van der Waals surface area contributed by atoms with Gasteiger partial charge in [-0.05, 0) is 20.3 Å². The molecule has 0 aliphatic carbocycles. The molecule has 0 aliphatic rings. The molecule has 0 aromatic carbocycles. The lowest BCUT2D eigenvalue weighted by atomic mass is 10.0. The minimum Gasteiger partial charge on any atom is -0.379 e. The van der Waals surface area contributed by atoms with Gasteiger partial charge in [-0.15, -0.1) is 0 Å². The highest BCUT2D eigenvalue weighted by molar-refractivity contribution is 4.49. The van der Waals surface area contributed by atoms with Crippen LogP contribution in [0.1, 0.15) is 111 Å². The number of hydrogen-bond donors (Lipinski definition) is 0. The lowest BCUT2D eigenvalue weighted by Crippen LogP contribution is -2.15. The van der Waals surface area contributed by atoms with E-state index in [-0.39, 0.29) is 6.10 Å². The molecule has 0 amide bonds. The van der Waals surface area contributed by atoms with Crippen LogP contribution in [-0.2, 0) is 33.2 Å². The first kappa shape index (κ1) is 37.7. The van der Waals surface area contributed by atoms with E-state index in [1.54, 1.807) is 0 Å². The number of unbranched alkanes of at least 4 members (excludes halogenated alkanes) is 13. The summed E-state index contributed by atoms with van der Waals surface area (Å²) in [7, 11) is 0. The first-order valence-electron chi connectivity index (χ1n) is 15.9. The van der Waals surface area contributed by atoms with Crippen LogP contribution in [0.2, 0.25) is 0 Å². The fourth-order valence-electron chi connectivity index (χ4n) is 3.94.